The van der Waals surface area contributed by atoms with Crippen molar-refractivity contribution in [3.63, 3.8) is 0 Å². The summed E-state index contributed by atoms with van der Waals surface area (Å²) in [5.41, 5.74) is 3.34. The predicted molar refractivity (Wildman–Crippen MR) is 286 cm³/mol. The van der Waals surface area contributed by atoms with Crippen LogP contribution in [0.2, 0.25) is 0 Å². The van der Waals surface area contributed by atoms with Gasteiger partial charge < -0.3 is 39.7 Å². The van der Waals surface area contributed by atoms with Crippen LogP contribution < -0.4 is 25.7 Å². The van der Waals surface area contributed by atoms with Crippen LogP contribution in [0.3, 0.4) is 0 Å². The molecule has 0 spiro atoms. The second kappa shape index (κ2) is 25.1. The Balaban J connectivity index is 0.746. The van der Waals surface area contributed by atoms with Gasteiger partial charge in [0.2, 0.25) is 17.7 Å². The van der Waals surface area contributed by atoms with Gasteiger partial charge >= 0.3 is 0 Å². The highest BCUT2D eigenvalue weighted by atomic mass is 19.1. The highest BCUT2D eigenvalue weighted by molar-refractivity contribution is 5.98. The van der Waals surface area contributed by atoms with Gasteiger partial charge in [-0.05, 0) is 86.1 Å². The maximum atomic E-state index is 15.2. The molecule has 2 atom stereocenters. The molecule has 0 radical (unpaired) electrons. The number of benzene rings is 4. The number of H-pyrrole nitrogens is 1. The lowest BCUT2D eigenvalue weighted by Gasteiger charge is -2.40. The lowest BCUT2D eigenvalue weighted by atomic mass is 9.83. The Labute approximate surface area is 443 Å². The molecule has 1 aliphatic carbocycles. The topological polar surface area (TPSA) is 190 Å². The molecule has 18 heteroatoms. The van der Waals surface area contributed by atoms with Crippen LogP contribution in [-0.2, 0) is 27.3 Å². The molecule has 4 fully saturated rings. The molecular formula is C58H70FN9O8. The van der Waals surface area contributed by atoms with Crippen LogP contribution >= 0.6 is 0 Å². The van der Waals surface area contributed by atoms with Crippen molar-refractivity contribution in [3.05, 3.63) is 135 Å². The van der Waals surface area contributed by atoms with E-state index < -0.39 is 17.8 Å². The van der Waals surface area contributed by atoms with Crippen molar-refractivity contribution in [2.45, 2.75) is 76.8 Å². The number of hydrogen-bond donors (Lipinski definition) is 3. The van der Waals surface area contributed by atoms with Gasteiger partial charge in [0.25, 0.3) is 17.4 Å². The Bertz CT molecular complexity index is 2950. The highest BCUT2D eigenvalue weighted by Gasteiger charge is 2.36. The van der Waals surface area contributed by atoms with E-state index in [1.165, 1.54) is 12.1 Å². The summed E-state index contributed by atoms with van der Waals surface area (Å²) >= 11 is 0. The van der Waals surface area contributed by atoms with E-state index in [4.69, 9.17) is 9.47 Å². The Morgan fingerprint density at radius 3 is 2.28 bits per heavy atom. The first kappa shape index (κ1) is 53.6. The smallest absolute Gasteiger partial charge is 0.272 e. The Morgan fingerprint density at radius 2 is 1.51 bits per heavy atom. The number of aromatic nitrogens is 2. The Morgan fingerprint density at radius 1 is 0.763 bits per heavy atom. The minimum atomic E-state index is -0.676. The summed E-state index contributed by atoms with van der Waals surface area (Å²) in [6, 6.07) is 24.1. The molecule has 3 N–H and O–H groups in total. The fourth-order valence-corrected chi connectivity index (χ4v) is 11.3. The number of ether oxygens (including phenoxy) is 2. The Kier molecular flexibility index (Phi) is 17.7. The van der Waals surface area contributed by atoms with Gasteiger partial charge in [-0.15, -0.1) is 0 Å². The zero-order valence-electron chi connectivity index (χ0n) is 43.7. The SMILES string of the molecule is CCOc1cc(OC)ccc1CNCC(=O)N1CCCC(c2cccc(C(=O)N[C@@H](C(=O)N3CCN(CC(=O)N4CCN(C(=O)c5cc(Cc6n[nH]c(=O)c7ccccc67)ccc5F)CC4)CC3)C3CCCCC3)c2)C1. The number of likely N-dealkylation sites (tertiary alicyclic amines) is 1. The van der Waals surface area contributed by atoms with E-state index in [0.717, 1.165) is 61.8 Å². The molecule has 5 amide bonds. The van der Waals surface area contributed by atoms with Crippen LogP contribution in [0.1, 0.15) is 101 Å². The number of carbonyl (C=O) groups excluding carboxylic acids is 5. The quantitative estimate of drug-likeness (QED) is 0.109. The van der Waals surface area contributed by atoms with Gasteiger partial charge in [0.1, 0.15) is 23.4 Å². The van der Waals surface area contributed by atoms with Crippen molar-refractivity contribution in [1.29, 1.82) is 0 Å². The van der Waals surface area contributed by atoms with Crippen molar-refractivity contribution >= 4 is 40.3 Å². The van der Waals surface area contributed by atoms with E-state index in [2.05, 4.69) is 20.8 Å². The number of rotatable bonds is 17. The van der Waals surface area contributed by atoms with Crippen molar-refractivity contribution in [3.8, 4) is 11.5 Å². The van der Waals surface area contributed by atoms with Gasteiger partial charge in [0, 0.05) is 107 Å². The third-order valence-electron chi connectivity index (χ3n) is 15.6. The zero-order chi connectivity index (χ0) is 53.1. The molecule has 0 bridgehead atoms. The number of hydrogen-bond acceptors (Lipinski definition) is 11. The maximum absolute atomic E-state index is 15.2. The molecule has 3 aliphatic heterocycles. The van der Waals surface area contributed by atoms with Crippen molar-refractivity contribution in [1.82, 2.24) is 45.3 Å². The summed E-state index contributed by atoms with van der Waals surface area (Å²) in [7, 11) is 1.61. The molecule has 9 rings (SSSR count). The average Bonchev–Trinajstić information content (AvgIpc) is 3.46. The fraction of sp³-hybridized carbons (Fsp3) is 0.466. The predicted octanol–water partition coefficient (Wildman–Crippen LogP) is 5.36. The second-order valence-corrected chi connectivity index (χ2v) is 20.5. The summed E-state index contributed by atoms with van der Waals surface area (Å²) in [5, 5.41) is 14.4. The first-order valence-corrected chi connectivity index (χ1v) is 27.0. The van der Waals surface area contributed by atoms with E-state index in [0.29, 0.717) is 98.9 Å². The van der Waals surface area contributed by atoms with Crippen LogP contribution in [0.4, 0.5) is 4.39 Å². The van der Waals surface area contributed by atoms with Gasteiger partial charge in [0.05, 0.1) is 43.4 Å². The number of aromatic amines is 1. The monoisotopic (exact) mass is 1040 g/mol. The molecule has 76 heavy (non-hydrogen) atoms. The van der Waals surface area contributed by atoms with Crippen molar-refractivity contribution in [2.24, 2.45) is 5.92 Å². The maximum Gasteiger partial charge on any atom is 0.272 e. The molecular weight excluding hydrogens is 970 g/mol. The van der Waals surface area contributed by atoms with E-state index in [1.807, 2.05) is 70.2 Å². The number of piperazine rings is 2. The van der Waals surface area contributed by atoms with Crippen molar-refractivity contribution in [2.75, 3.05) is 92.3 Å². The first-order chi connectivity index (χ1) is 37.0. The highest BCUT2D eigenvalue weighted by Crippen LogP contribution is 2.31. The number of halogens is 1. The molecule has 3 saturated heterocycles. The number of methoxy groups -OCH3 is 1. The van der Waals surface area contributed by atoms with Gasteiger partial charge in [-0.25, -0.2) is 9.49 Å². The third kappa shape index (κ3) is 12.9. The van der Waals surface area contributed by atoms with E-state index in [9.17, 15) is 28.8 Å². The summed E-state index contributed by atoms with van der Waals surface area (Å²) < 4.78 is 26.3. The molecule has 5 aromatic rings. The number of nitrogens with zero attached hydrogens (tertiary/aromatic N) is 6. The minimum absolute atomic E-state index is 0.0151. The van der Waals surface area contributed by atoms with Crippen LogP contribution in [0.5, 0.6) is 11.5 Å². The standard InChI is InChI=1S/C58H70FN9O8/c1-3-76-51-34-45(75-2)20-19-43(51)35-60-36-52(69)68-22-10-15-44(37-68)41-13-9-14-42(33-41)55(71)61-54(40-11-5-4-6-12-40)58(74)67-25-23-64(24-26-67)38-53(70)65-27-29-66(30-28-65)57(73)48-31-39(18-21-49(48)59)32-50-46-16-7-8-17-47(46)56(72)63-62-50/h7-9,13-14,16-21,31,33-34,40,44,54,60H,3-6,10-12,15,22-30,32,35-38H2,1-2H3,(H,61,71)(H,63,72)/t44?,54-/m1/s1. The molecule has 17 nitrogen and oxygen atoms in total. The van der Waals surface area contributed by atoms with Crippen LogP contribution in [-0.4, -0.2) is 163 Å². The Hall–Kier alpha value is -7.18. The van der Waals surface area contributed by atoms with Gasteiger partial charge in [-0.3, -0.25) is 33.7 Å². The van der Waals surface area contributed by atoms with Crippen LogP contribution in [0.25, 0.3) is 10.8 Å². The summed E-state index contributed by atoms with van der Waals surface area (Å²) in [4.78, 5) is 90.7. The number of nitrogens with one attached hydrogen (secondary N) is 3. The zero-order valence-corrected chi connectivity index (χ0v) is 43.7. The number of amides is 5. The second-order valence-electron chi connectivity index (χ2n) is 20.5. The fourth-order valence-electron chi connectivity index (χ4n) is 11.3. The summed E-state index contributed by atoms with van der Waals surface area (Å²) in [6.45, 7) is 7.45. The molecule has 4 aromatic carbocycles. The van der Waals surface area contributed by atoms with E-state index in [-0.39, 0.29) is 79.2 Å². The van der Waals surface area contributed by atoms with Gasteiger partial charge in [-0.1, -0.05) is 61.7 Å². The lowest BCUT2D eigenvalue weighted by Crippen LogP contribution is -2.58. The molecule has 4 heterocycles. The summed E-state index contributed by atoms with van der Waals surface area (Å²) in [5.74, 6) is -0.0204. The summed E-state index contributed by atoms with van der Waals surface area (Å²) in [6.07, 6.45) is 6.83. The first-order valence-electron chi connectivity index (χ1n) is 27.0. The van der Waals surface area contributed by atoms with Gasteiger partial charge in [0.15, 0.2) is 0 Å². The largest absolute Gasteiger partial charge is 0.497 e. The van der Waals surface area contributed by atoms with Gasteiger partial charge in [-0.2, -0.15) is 5.10 Å². The number of fused-ring (bicyclic) bond motifs is 1. The molecule has 402 valence electrons. The minimum Gasteiger partial charge on any atom is -0.497 e. The van der Waals surface area contributed by atoms with E-state index >= 15 is 4.39 Å². The van der Waals surface area contributed by atoms with Crippen molar-refractivity contribution < 1.29 is 37.8 Å². The molecule has 1 saturated carbocycles. The molecule has 1 unspecified atom stereocenters. The normalized spacial score (nSPS) is 18.1. The van der Waals surface area contributed by atoms with E-state index in [1.54, 1.807) is 41.2 Å². The lowest BCUT2D eigenvalue weighted by molar-refractivity contribution is -0.138. The number of piperidine rings is 1. The van der Waals surface area contributed by atoms with Crippen LogP contribution in [0, 0.1) is 11.7 Å². The number of carbonyl (C=O) groups is 5. The molecule has 1 aromatic heterocycles. The third-order valence-corrected chi connectivity index (χ3v) is 15.6. The van der Waals surface area contributed by atoms with Crippen LogP contribution in [0.15, 0.2) is 89.7 Å². The average molecular weight is 1040 g/mol. The molecule has 4 aliphatic rings.